The summed E-state index contributed by atoms with van der Waals surface area (Å²) < 4.78 is 55.4. The van der Waals surface area contributed by atoms with E-state index in [-0.39, 0.29) is 28.4 Å². The van der Waals surface area contributed by atoms with Gasteiger partial charge in [-0.1, -0.05) is 40.2 Å². The second-order valence-corrected chi connectivity index (χ2v) is 5.49. The van der Waals surface area contributed by atoms with Crippen molar-refractivity contribution in [1.29, 1.82) is 0 Å². The van der Waals surface area contributed by atoms with Crippen LogP contribution < -0.4 is 9.47 Å². The molecule has 0 saturated carbocycles. The molecule has 146 valence electrons. The van der Waals surface area contributed by atoms with Crippen molar-refractivity contribution in [3.63, 3.8) is 0 Å². The summed E-state index contributed by atoms with van der Waals surface area (Å²) in [6.07, 6.45) is 0. The molecule has 0 radical (unpaired) electrons. The van der Waals surface area contributed by atoms with Gasteiger partial charge in [0, 0.05) is 11.1 Å². The van der Waals surface area contributed by atoms with Gasteiger partial charge in [0.2, 0.25) is 0 Å². The van der Waals surface area contributed by atoms with Gasteiger partial charge in [0.1, 0.15) is 11.5 Å². The molecule has 0 bridgehead atoms. The van der Waals surface area contributed by atoms with E-state index in [2.05, 4.69) is 25.4 Å². The summed E-state index contributed by atoms with van der Waals surface area (Å²) in [4.78, 5) is 22.0. The van der Waals surface area contributed by atoms with Crippen molar-refractivity contribution in [2.45, 2.75) is 20.1 Å². The van der Waals surface area contributed by atoms with Crippen molar-refractivity contribution < 1.29 is 36.6 Å². The van der Waals surface area contributed by atoms with Gasteiger partial charge in [-0.15, -0.1) is 0 Å². The molecule has 0 aromatic heterocycles. The average molecular weight is 451 g/mol. The minimum Gasteiger partial charge on any atom is -0.435 e. The van der Waals surface area contributed by atoms with Gasteiger partial charge in [0.05, 0.1) is 5.33 Å². The minimum atomic E-state index is -2.87. The van der Waals surface area contributed by atoms with Crippen LogP contribution in [0.5, 0.6) is 11.5 Å². The van der Waals surface area contributed by atoms with Crippen molar-refractivity contribution in [3.8, 4) is 11.5 Å². The molecule has 0 aliphatic rings. The highest BCUT2D eigenvalue weighted by molar-refractivity contribution is 9.09. The highest BCUT2D eigenvalue weighted by Gasteiger charge is 2.08. The molecular formula is C18H15BrF4O4. The molecule has 0 aliphatic heterocycles. The third-order valence-corrected chi connectivity index (χ3v) is 3.48. The maximum atomic E-state index is 11.8. The third kappa shape index (κ3) is 8.67. The van der Waals surface area contributed by atoms with E-state index < -0.39 is 13.2 Å². The van der Waals surface area contributed by atoms with Crippen LogP contribution in [0.3, 0.4) is 0 Å². The van der Waals surface area contributed by atoms with E-state index in [0.29, 0.717) is 11.1 Å². The summed E-state index contributed by atoms with van der Waals surface area (Å²) in [7, 11) is 0. The van der Waals surface area contributed by atoms with Gasteiger partial charge in [0.25, 0.3) is 0 Å². The summed E-state index contributed by atoms with van der Waals surface area (Å²) >= 11 is 2.99. The first-order valence-electron chi connectivity index (χ1n) is 7.42. The molecule has 0 spiro atoms. The molecule has 0 heterocycles. The van der Waals surface area contributed by atoms with Crippen LogP contribution in [-0.4, -0.2) is 30.1 Å². The molecule has 0 amide bonds. The lowest BCUT2D eigenvalue weighted by atomic mass is 10.1. The fourth-order valence-electron chi connectivity index (χ4n) is 1.81. The Hall–Kier alpha value is -2.42. The molecule has 2 rings (SSSR count). The van der Waals surface area contributed by atoms with Crippen molar-refractivity contribution in [2.75, 3.05) is 5.33 Å². The number of carbonyl (C=O) groups excluding carboxylic acids is 2. The predicted molar refractivity (Wildman–Crippen MR) is 94.3 cm³/mol. The Bertz CT molecular complexity index is 769. The fraction of sp³-hybridized carbons (Fsp3) is 0.222. The molecule has 0 atom stereocenters. The average Bonchev–Trinajstić information content (AvgIpc) is 2.61. The maximum Gasteiger partial charge on any atom is 0.387 e. The van der Waals surface area contributed by atoms with Gasteiger partial charge >= 0.3 is 13.2 Å². The van der Waals surface area contributed by atoms with E-state index in [0.717, 1.165) is 0 Å². The van der Waals surface area contributed by atoms with E-state index in [1.54, 1.807) is 12.1 Å². The van der Waals surface area contributed by atoms with E-state index >= 15 is 0 Å². The number of benzene rings is 2. The van der Waals surface area contributed by atoms with Gasteiger partial charge in [-0.05, 0) is 31.2 Å². The molecule has 2 aromatic rings. The summed E-state index contributed by atoms with van der Waals surface area (Å²) in [5, 5.41) is 0.158. The van der Waals surface area contributed by atoms with Crippen LogP contribution in [0.15, 0.2) is 48.5 Å². The van der Waals surface area contributed by atoms with Crippen LogP contribution in [0.1, 0.15) is 27.6 Å². The molecule has 2 aromatic carbocycles. The SMILES string of the molecule is CC(=O)c1cccc(OC(F)F)c1.O=C(CBr)c1cccc(OC(F)F)c1. The highest BCUT2D eigenvalue weighted by Crippen LogP contribution is 2.17. The van der Waals surface area contributed by atoms with Crippen LogP contribution in [0.25, 0.3) is 0 Å². The second-order valence-electron chi connectivity index (χ2n) is 4.93. The summed E-state index contributed by atoms with van der Waals surface area (Å²) in [6, 6.07) is 11.4. The summed E-state index contributed by atoms with van der Waals surface area (Å²) in [6.45, 7) is -4.37. The molecule has 0 N–H and O–H groups in total. The van der Waals surface area contributed by atoms with Crippen molar-refractivity contribution in [2.24, 2.45) is 0 Å². The van der Waals surface area contributed by atoms with Crippen molar-refractivity contribution in [3.05, 3.63) is 59.7 Å². The third-order valence-electron chi connectivity index (χ3n) is 2.97. The Morgan fingerprint density at radius 3 is 1.74 bits per heavy atom. The Morgan fingerprint density at radius 2 is 1.33 bits per heavy atom. The molecule has 9 heteroatoms. The quantitative estimate of drug-likeness (QED) is 0.323. The smallest absolute Gasteiger partial charge is 0.387 e. The standard InChI is InChI=1S/C9H7BrF2O2.C9H8F2O2/c10-5-8(13)6-2-1-3-7(4-6)14-9(11)12;1-6(12)7-3-2-4-8(5-7)13-9(10)11/h1-4,9H,5H2;2-5,9H,1H3. The zero-order valence-electron chi connectivity index (χ0n) is 14.0. The number of rotatable bonds is 7. The molecule has 0 saturated heterocycles. The van der Waals surface area contributed by atoms with Crippen molar-refractivity contribution in [1.82, 2.24) is 0 Å². The van der Waals surface area contributed by atoms with Crippen molar-refractivity contribution >= 4 is 27.5 Å². The summed E-state index contributed by atoms with van der Waals surface area (Å²) in [5.74, 6) is -0.362. The maximum absolute atomic E-state index is 11.8. The van der Waals surface area contributed by atoms with E-state index in [1.165, 1.54) is 43.3 Å². The first-order valence-corrected chi connectivity index (χ1v) is 8.55. The number of ketones is 2. The highest BCUT2D eigenvalue weighted by atomic mass is 79.9. The normalized spacial score (nSPS) is 10.2. The van der Waals surface area contributed by atoms with Gasteiger partial charge in [-0.3, -0.25) is 9.59 Å². The number of Topliss-reactive ketones (excluding diaryl/α,β-unsaturated/α-hetero) is 2. The number of alkyl halides is 5. The van der Waals surface area contributed by atoms with Gasteiger partial charge < -0.3 is 9.47 Å². The lowest BCUT2D eigenvalue weighted by Gasteiger charge is -2.05. The van der Waals surface area contributed by atoms with Crippen LogP contribution in [0, 0.1) is 0 Å². The number of ether oxygens (including phenoxy) is 2. The molecular weight excluding hydrogens is 436 g/mol. The molecule has 0 fully saturated rings. The zero-order chi connectivity index (χ0) is 20.4. The van der Waals surface area contributed by atoms with E-state index in [4.69, 9.17) is 0 Å². The minimum absolute atomic E-state index is 0.00250. The largest absolute Gasteiger partial charge is 0.435 e. The first kappa shape index (κ1) is 22.6. The molecule has 0 unspecified atom stereocenters. The molecule has 0 aliphatic carbocycles. The van der Waals surface area contributed by atoms with Gasteiger partial charge in [0.15, 0.2) is 11.6 Å². The Kier molecular flexibility index (Phi) is 9.49. The second kappa shape index (κ2) is 11.3. The summed E-state index contributed by atoms with van der Waals surface area (Å²) in [5.41, 5.74) is 0.707. The number of carbonyl (C=O) groups is 2. The number of hydrogen-bond acceptors (Lipinski definition) is 4. The van der Waals surface area contributed by atoms with Crippen LogP contribution in [0.4, 0.5) is 17.6 Å². The van der Waals surface area contributed by atoms with Crippen LogP contribution in [0.2, 0.25) is 0 Å². The van der Waals surface area contributed by atoms with E-state index in [1.807, 2.05) is 0 Å². The Balaban J connectivity index is 0.000000271. The zero-order valence-corrected chi connectivity index (χ0v) is 15.6. The number of hydrogen-bond donors (Lipinski definition) is 0. The van der Waals surface area contributed by atoms with Crippen LogP contribution >= 0.6 is 15.9 Å². The predicted octanol–water partition coefficient (Wildman–Crippen LogP) is 5.36. The Morgan fingerprint density at radius 1 is 0.889 bits per heavy atom. The fourth-order valence-corrected chi connectivity index (χ4v) is 2.14. The lowest BCUT2D eigenvalue weighted by molar-refractivity contribution is -0.0505. The van der Waals surface area contributed by atoms with Gasteiger partial charge in [-0.2, -0.15) is 17.6 Å². The van der Waals surface area contributed by atoms with E-state index in [9.17, 15) is 27.2 Å². The lowest BCUT2D eigenvalue weighted by Crippen LogP contribution is -2.04. The first-order chi connectivity index (χ1) is 12.7. The molecule has 4 nitrogen and oxygen atoms in total. The topological polar surface area (TPSA) is 52.6 Å². The van der Waals surface area contributed by atoms with Gasteiger partial charge in [-0.25, -0.2) is 0 Å². The monoisotopic (exact) mass is 450 g/mol. The molecule has 27 heavy (non-hydrogen) atoms. The Labute approximate surface area is 161 Å². The van der Waals surface area contributed by atoms with Crippen LogP contribution in [-0.2, 0) is 0 Å². The number of halogens is 5.